The Morgan fingerprint density at radius 2 is 1.88 bits per heavy atom. The summed E-state index contributed by atoms with van der Waals surface area (Å²) in [5.41, 5.74) is 2.55. The Labute approximate surface area is 197 Å². The Morgan fingerprint density at radius 1 is 1.12 bits per heavy atom. The maximum Gasteiger partial charge on any atom is 0.331 e. The van der Waals surface area contributed by atoms with Gasteiger partial charge in [0, 0.05) is 22.3 Å². The molecule has 2 aromatic carbocycles. The van der Waals surface area contributed by atoms with Crippen molar-refractivity contribution in [2.24, 2.45) is 0 Å². The first-order chi connectivity index (χ1) is 15.9. The molecule has 6 nitrogen and oxygen atoms in total. The second-order valence-electron chi connectivity index (χ2n) is 8.02. The molecule has 1 fully saturated rings. The predicted molar refractivity (Wildman–Crippen MR) is 126 cm³/mol. The molecule has 0 aliphatic heterocycles. The molecule has 1 aromatic heterocycles. The molecule has 1 saturated carbocycles. The van der Waals surface area contributed by atoms with Crippen LogP contribution in [0, 0.1) is 6.92 Å². The number of amides is 1. The third-order valence-corrected chi connectivity index (χ3v) is 5.86. The number of carbonyl (C=O) groups excluding carboxylic acids is 2. The lowest BCUT2D eigenvalue weighted by molar-refractivity contribution is -0.146. The van der Waals surface area contributed by atoms with Gasteiger partial charge in [-0.3, -0.25) is 4.79 Å². The van der Waals surface area contributed by atoms with Crippen LogP contribution >= 0.6 is 11.6 Å². The minimum atomic E-state index is -0.981. The molecule has 0 bridgehead atoms. The van der Waals surface area contributed by atoms with Crippen molar-refractivity contribution in [2.75, 3.05) is 6.61 Å². The summed E-state index contributed by atoms with van der Waals surface area (Å²) in [4.78, 5) is 30.0. The molecule has 4 rings (SSSR count). The number of rotatable bonds is 8. The SMILES string of the molecule is CCOC(=O)C1(NC(=O)c2ncc(-c3cccc(Cl)c3)c(C)c2OCc2ccccc2)CC1. The number of nitrogens with one attached hydrogen (secondary N) is 1. The van der Waals surface area contributed by atoms with Crippen LogP contribution in [0.25, 0.3) is 11.1 Å². The molecular weight excluding hydrogens is 440 g/mol. The normalized spacial score (nSPS) is 13.8. The van der Waals surface area contributed by atoms with E-state index in [9.17, 15) is 9.59 Å². The summed E-state index contributed by atoms with van der Waals surface area (Å²) in [5, 5.41) is 3.43. The van der Waals surface area contributed by atoms with Gasteiger partial charge in [-0.1, -0.05) is 54.1 Å². The number of esters is 1. The Kier molecular flexibility index (Phi) is 6.65. The molecule has 0 spiro atoms. The van der Waals surface area contributed by atoms with E-state index < -0.39 is 17.4 Å². The zero-order chi connectivity index (χ0) is 23.4. The average molecular weight is 465 g/mol. The molecule has 7 heteroatoms. The van der Waals surface area contributed by atoms with Crippen LogP contribution in [-0.4, -0.2) is 29.0 Å². The van der Waals surface area contributed by atoms with Crippen molar-refractivity contribution in [1.29, 1.82) is 0 Å². The highest BCUT2D eigenvalue weighted by Gasteiger charge is 2.53. The van der Waals surface area contributed by atoms with Crippen LogP contribution in [0.5, 0.6) is 5.75 Å². The molecule has 0 saturated heterocycles. The lowest BCUT2D eigenvalue weighted by Crippen LogP contribution is -2.44. The zero-order valence-corrected chi connectivity index (χ0v) is 19.3. The summed E-state index contributed by atoms with van der Waals surface area (Å²) < 4.78 is 11.3. The molecule has 0 unspecified atom stereocenters. The summed E-state index contributed by atoms with van der Waals surface area (Å²) in [5.74, 6) is -0.518. The van der Waals surface area contributed by atoms with Crippen molar-refractivity contribution >= 4 is 23.5 Å². The van der Waals surface area contributed by atoms with Crippen molar-refractivity contribution in [3.8, 4) is 16.9 Å². The number of carbonyl (C=O) groups is 2. The van der Waals surface area contributed by atoms with E-state index >= 15 is 0 Å². The van der Waals surface area contributed by atoms with E-state index in [0.29, 0.717) is 23.6 Å². The van der Waals surface area contributed by atoms with E-state index in [1.807, 2.05) is 55.5 Å². The van der Waals surface area contributed by atoms with Gasteiger partial charge < -0.3 is 14.8 Å². The van der Waals surface area contributed by atoms with Crippen molar-refractivity contribution in [2.45, 2.75) is 38.8 Å². The van der Waals surface area contributed by atoms with Gasteiger partial charge in [0.15, 0.2) is 11.4 Å². The van der Waals surface area contributed by atoms with Gasteiger partial charge in [0.1, 0.15) is 12.1 Å². The molecule has 1 aliphatic carbocycles. The highest BCUT2D eigenvalue weighted by molar-refractivity contribution is 6.30. The van der Waals surface area contributed by atoms with Gasteiger partial charge in [-0.25, -0.2) is 9.78 Å². The summed E-state index contributed by atoms with van der Waals surface area (Å²) in [6, 6.07) is 17.1. The molecule has 1 amide bonds. The van der Waals surface area contributed by atoms with Gasteiger partial charge in [0.25, 0.3) is 5.91 Å². The smallest absolute Gasteiger partial charge is 0.331 e. The van der Waals surface area contributed by atoms with Gasteiger partial charge in [-0.15, -0.1) is 0 Å². The second kappa shape index (κ2) is 9.63. The van der Waals surface area contributed by atoms with E-state index in [0.717, 1.165) is 22.3 Å². The van der Waals surface area contributed by atoms with E-state index in [1.54, 1.807) is 19.2 Å². The quantitative estimate of drug-likeness (QED) is 0.468. The summed E-state index contributed by atoms with van der Waals surface area (Å²) in [6.07, 6.45) is 2.71. The lowest BCUT2D eigenvalue weighted by atomic mass is 10.0. The molecule has 1 aliphatic rings. The van der Waals surface area contributed by atoms with Crippen molar-refractivity contribution in [3.63, 3.8) is 0 Å². The average Bonchev–Trinajstić information content (AvgIpc) is 3.59. The first-order valence-electron chi connectivity index (χ1n) is 10.9. The number of hydrogen-bond donors (Lipinski definition) is 1. The van der Waals surface area contributed by atoms with Crippen LogP contribution in [0.4, 0.5) is 0 Å². The van der Waals surface area contributed by atoms with Crippen LogP contribution in [0.15, 0.2) is 60.8 Å². The monoisotopic (exact) mass is 464 g/mol. The molecule has 33 heavy (non-hydrogen) atoms. The van der Waals surface area contributed by atoms with Gasteiger partial charge in [-0.2, -0.15) is 0 Å². The first-order valence-corrected chi connectivity index (χ1v) is 11.2. The number of pyridine rings is 1. The summed E-state index contributed by atoms with van der Waals surface area (Å²) in [7, 11) is 0. The Bertz CT molecular complexity index is 1180. The van der Waals surface area contributed by atoms with E-state index in [-0.39, 0.29) is 18.9 Å². The van der Waals surface area contributed by atoms with Crippen molar-refractivity contribution in [1.82, 2.24) is 10.3 Å². The number of nitrogens with zero attached hydrogens (tertiary/aromatic N) is 1. The van der Waals surface area contributed by atoms with Gasteiger partial charge >= 0.3 is 5.97 Å². The van der Waals surface area contributed by atoms with E-state index in [2.05, 4.69) is 10.3 Å². The number of halogens is 1. The topological polar surface area (TPSA) is 77.5 Å². The van der Waals surface area contributed by atoms with Gasteiger partial charge in [-0.05, 0) is 49.9 Å². The molecule has 170 valence electrons. The Hall–Kier alpha value is -3.38. The first kappa shape index (κ1) is 22.8. The molecule has 3 aromatic rings. The largest absolute Gasteiger partial charge is 0.486 e. The Morgan fingerprint density at radius 3 is 2.55 bits per heavy atom. The zero-order valence-electron chi connectivity index (χ0n) is 18.6. The highest BCUT2D eigenvalue weighted by Crippen LogP contribution is 2.38. The molecule has 0 atom stereocenters. The van der Waals surface area contributed by atoms with Crippen molar-refractivity contribution < 1.29 is 19.1 Å². The fraction of sp³-hybridized carbons (Fsp3) is 0.269. The summed E-state index contributed by atoms with van der Waals surface area (Å²) in [6.45, 7) is 4.15. The van der Waals surface area contributed by atoms with Crippen LogP contribution in [0.2, 0.25) is 5.02 Å². The van der Waals surface area contributed by atoms with Gasteiger partial charge in [0.05, 0.1) is 6.61 Å². The molecular formula is C26H25ClN2O4. The minimum Gasteiger partial charge on any atom is -0.486 e. The van der Waals surface area contributed by atoms with E-state index in [1.165, 1.54) is 0 Å². The van der Waals surface area contributed by atoms with Crippen LogP contribution < -0.4 is 10.1 Å². The number of ether oxygens (including phenoxy) is 2. The highest BCUT2D eigenvalue weighted by atomic mass is 35.5. The minimum absolute atomic E-state index is 0.129. The lowest BCUT2D eigenvalue weighted by Gasteiger charge is -2.19. The molecule has 0 radical (unpaired) electrons. The maximum atomic E-state index is 13.2. The molecule has 1 heterocycles. The number of hydrogen-bond acceptors (Lipinski definition) is 5. The third-order valence-electron chi connectivity index (χ3n) is 5.63. The second-order valence-corrected chi connectivity index (χ2v) is 8.45. The summed E-state index contributed by atoms with van der Waals surface area (Å²) >= 11 is 6.19. The fourth-order valence-electron chi connectivity index (χ4n) is 3.65. The van der Waals surface area contributed by atoms with E-state index in [4.69, 9.17) is 21.1 Å². The van der Waals surface area contributed by atoms with Crippen LogP contribution in [0.1, 0.15) is 41.4 Å². The third kappa shape index (κ3) is 5.01. The number of aromatic nitrogens is 1. The van der Waals surface area contributed by atoms with Crippen LogP contribution in [-0.2, 0) is 16.1 Å². The fourth-order valence-corrected chi connectivity index (χ4v) is 3.84. The van der Waals surface area contributed by atoms with Gasteiger partial charge in [0.2, 0.25) is 0 Å². The standard InChI is InChI=1S/C26H25ClN2O4/c1-3-32-25(31)26(12-13-26)29-24(30)22-23(33-16-18-8-5-4-6-9-18)17(2)21(15-28-22)19-10-7-11-20(27)14-19/h4-11,14-15H,3,12-13,16H2,1-2H3,(H,29,30). The predicted octanol–water partition coefficient (Wildman–Crippen LogP) is 5.11. The molecule has 1 N–H and O–H groups in total. The number of benzene rings is 2. The van der Waals surface area contributed by atoms with Crippen molar-refractivity contribution in [3.05, 3.63) is 82.6 Å². The Balaban J connectivity index is 1.68. The van der Waals surface area contributed by atoms with Crippen LogP contribution in [0.3, 0.4) is 0 Å². The maximum absolute atomic E-state index is 13.2.